The van der Waals surface area contributed by atoms with Gasteiger partial charge >= 0.3 is 0 Å². The normalized spacial score (nSPS) is 11.3. The number of nitrogens with one attached hydrogen (secondary N) is 1. The third-order valence-corrected chi connectivity index (χ3v) is 3.23. The van der Waals surface area contributed by atoms with Gasteiger partial charge < -0.3 is 4.98 Å². The number of aromatic nitrogens is 2. The second-order valence-corrected chi connectivity index (χ2v) is 4.65. The summed E-state index contributed by atoms with van der Waals surface area (Å²) in [5, 5.41) is 0. The zero-order valence-electron chi connectivity index (χ0n) is 10.1. The molecule has 0 fully saturated rings. The zero-order chi connectivity index (χ0) is 15.3. The Bertz CT molecular complexity index is 928. The van der Waals surface area contributed by atoms with E-state index in [0.29, 0.717) is 18.2 Å². The molecule has 0 bridgehead atoms. The van der Waals surface area contributed by atoms with Gasteiger partial charge in [-0.25, -0.2) is 22.0 Å². The van der Waals surface area contributed by atoms with E-state index in [2.05, 4.69) is 4.98 Å². The molecule has 1 aromatic heterocycles. The van der Waals surface area contributed by atoms with Gasteiger partial charge in [-0.05, 0) is 12.2 Å². The van der Waals surface area contributed by atoms with Gasteiger partial charge in [-0.15, -0.1) is 0 Å². The highest BCUT2D eigenvalue weighted by molar-refractivity contribution is 7.71. The van der Waals surface area contributed by atoms with Gasteiger partial charge in [0.2, 0.25) is 0 Å². The Balaban J connectivity index is 2.43. The minimum Gasteiger partial charge on any atom is -0.328 e. The Morgan fingerprint density at radius 3 is 2.19 bits per heavy atom. The number of rotatable bonds is 1. The van der Waals surface area contributed by atoms with E-state index in [0.717, 1.165) is 10.6 Å². The summed E-state index contributed by atoms with van der Waals surface area (Å²) in [4.78, 5) is 2.44. The molecule has 0 aliphatic rings. The average molecular weight is 316 g/mol. The molecule has 0 aliphatic heterocycles. The molecule has 0 amide bonds. The van der Waals surface area contributed by atoms with Crippen LogP contribution in [-0.2, 0) is 0 Å². The van der Waals surface area contributed by atoms with Gasteiger partial charge in [0.05, 0.1) is 11.2 Å². The van der Waals surface area contributed by atoms with E-state index in [1.165, 1.54) is 0 Å². The number of halogens is 5. The first-order valence-corrected chi connectivity index (χ1v) is 6.04. The van der Waals surface area contributed by atoms with Crippen LogP contribution in [0.3, 0.4) is 0 Å². The van der Waals surface area contributed by atoms with Crippen LogP contribution in [0.1, 0.15) is 0 Å². The first kappa shape index (κ1) is 13.7. The summed E-state index contributed by atoms with van der Waals surface area (Å²) in [5.41, 5.74) is -0.733. The van der Waals surface area contributed by atoms with Crippen molar-refractivity contribution in [3.05, 3.63) is 58.1 Å². The number of hydrogen-bond acceptors (Lipinski definition) is 1. The molecule has 0 atom stereocenters. The maximum atomic E-state index is 13.8. The topological polar surface area (TPSA) is 20.7 Å². The van der Waals surface area contributed by atoms with Crippen molar-refractivity contribution in [1.29, 1.82) is 0 Å². The standard InChI is InChI=1S/C13H5F5N2S/c14-5-1-9(18)12-11(2-5)20(13(21)19-12)10-4-7(16)6(15)3-8(10)17/h1-4H,(H,19,21). The van der Waals surface area contributed by atoms with Crippen LogP contribution in [0.15, 0.2) is 24.3 Å². The van der Waals surface area contributed by atoms with E-state index >= 15 is 0 Å². The summed E-state index contributed by atoms with van der Waals surface area (Å²) < 4.78 is 67.8. The van der Waals surface area contributed by atoms with Crippen molar-refractivity contribution in [3.8, 4) is 5.69 Å². The molecule has 0 unspecified atom stereocenters. The van der Waals surface area contributed by atoms with Crippen molar-refractivity contribution < 1.29 is 22.0 Å². The predicted octanol–water partition coefficient (Wildman–Crippen LogP) is 4.38. The van der Waals surface area contributed by atoms with Crippen molar-refractivity contribution in [1.82, 2.24) is 9.55 Å². The van der Waals surface area contributed by atoms with Gasteiger partial charge in [0.15, 0.2) is 22.2 Å². The molecule has 2 nitrogen and oxygen atoms in total. The van der Waals surface area contributed by atoms with Gasteiger partial charge in [-0.2, -0.15) is 0 Å². The van der Waals surface area contributed by atoms with E-state index in [9.17, 15) is 22.0 Å². The Kier molecular flexibility index (Phi) is 3.05. The second-order valence-electron chi connectivity index (χ2n) is 4.27. The molecule has 3 rings (SSSR count). The molecule has 1 N–H and O–H groups in total. The highest BCUT2D eigenvalue weighted by Crippen LogP contribution is 2.25. The number of aromatic amines is 1. The van der Waals surface area contributed by atoms with Crippen LogP contribution in [0.5, 0.6) is 0 Å². The van der Waals surface area contributed by atoms with E-state index < -0.39 is 34.8 Å². The minimum absolute atomic E-state index is 0.123. The first-order valence-electron chi connectivity index (χ1n) is 5.63. The van der Waals surface area contributed by atoms with E-state index in [4.69, 9.17) is 12.2 Å². The Morgan fingerprint density at radius 2 is 1.48 bits per heavy atom. The highest BCUT2D eigenvalue weighted by atomic mass is 32.1. The maximum Gasteiger partial charge on any atom is 0.182 e. The smallest absolute Gasteiger partial charge is 0.182 e. The molecule has 8 heteroatoms. The SMILES string of the molecule is Fc1cc(F)c2[nH]c(=S)n(-c3cc(F)c(F)cc3F)c2c1. The predicted molar refractivity (Wildman–Crippen MR) is 68.2 cm³/mol. The summed E-state index contributed by atoms with van der Waals surface area (Å²) in [6.45, 7) is 0. The first-order chi connectivity index (χ1) is 9.88. The van der Waals surface area contributed by atoms with E-state index in [1.54, 1.807) is 0 Å². The molecule has 0 saturated carbocycles. The molecule has 2 aromatic carbocycles. The largest absolute Gasteiger partial charge is 0.328 e. The molecule has 3 aromatic rings. The van der Waals surface area contributed by atoms with Crippen molar-refractivity contribution in [2.45, 2.75) is 0 Å². The summed E-state index contributed by atoms with van der Waals surface area (Å²) in [7, 11) is 0. The van der Waals surface area contributed by atoms with Crippen LogP contribution in [0.4, 0.5) is 22.0 Å². The lowest BCUT2D eigenvalue weighted by Crippen LogP contribution is -2.01. The Labute approximate surface area is 119 Å². The molecule has 21 heavy (non-hydrogen) atoms. The quantitative estimate of drug-likeness (QED) is 0.401. The summed E-state index contributed by atoms with van der Waals surface area (Å²) >= 11 is 4.91. The third-order valence-electron chi connectivity index (χ3n) is 2.94. The van der Waals surface area contributed by atoms with Crippen molar-refractivity contribution >= 4 is 23.3 Å². The average Bonchev–Trinajstić information content (AvgIpc) is 2.71. The zero-order valence-corrected chi connectivity index (χ0v) is 10.9. The molecule has 0 aliphatic carbocycles. The number of H-pyrrole nitrogens is 1. The fraction of sp³-hybridized carbons (Fsp3) is 0. The summed E-state index contributed by atoms with van der Waals surface area (Å²) in [6, 6.07) is 2.43. The molecule has 0 saturated heterocycles. The molecular formula is C13H5F5N2S. The number of hydrogen-bond donors (Lipinski definition) is 1. The van der Waals surface area contributed by atoms with Crippen LogP contribution in [0.25, 0.3) is 16.7 Å². The molecule has 0 radical (unpaired) electrons. The van der Waals surface area contributed by atoms with Crippen molar-refractivity contribution in [2.24, 2.45) is 0 Å². The lowest BCUT2D eigenvalue weighted by Gasteiger charge is -2.07. The second kappa shape index (κ2) is 4.66. The van der Waals surface area contributed by atoms with Gasteiger partial charge in [0, 0.05) is 24.3 Å². The number of nitrogens with zero attached hydrogens (tertiary/aromatic N) is 1. The van der Waals surface area contributed by atoms with Crippen LogP contribution in [0, 0.1) is 33.9 Å². The van der Waals surface area contributed by atoms with Crippen molar-refractivity contribution in [2.75, 3.05) is 0 Å². The number of benzene rings is 2. The van der Waals surface area contributed by atoms with Gasteiger partial charge in [0.25, 0.3) is 0 Å². The van der Waals surface area contributed by atoms with E-state index in [1.807, 2.05) is 0 Å². The van der Waals surface area contributed by atoms with Crippen LogP contribution in [-0.4, -0.2) is 9.55 Å². The molecular weight excluding hydrogens is 311 g/mol. The molecule has 1 heterocycles. The highest BCUT2D eigenvalue weighted by Gasteiger charge is 2.17. The number of fused-ring (bicyclic) bond motifs is 1. The van der Waals surface area contributed by atoms with Crippen LogP contribution < -0.4 is 0 Å². The fourth-order valence-electron chi connectivity index (χ4n) is 2.05. The Hall–Kier alpha value is -2.22. The monoisotopic (exact) mass is 316 g/mol. The molecule has 0 spiro atoms. The fourth-order valence-corrected chi connectivity index (χ4v) is 2.35. The van der Waals surface area contributed by atoms with Gasteiger partial charge in [-0.1, -0.05) is 0 Å². The van der Waals surface area contributed by atoms with Gasteiger partial charge in [-0.3, -0.25) is 4.57 Å². The molecule has 108 valence electrons. The lowest BCUT2D eigenvalue weighted by molar-refractivity contribution is 0.493. The van der Waals surface area contributed by atoms with Crippen molar-refractivity contribution in [3.63, 3.8) is 0 Å². The minimum atomic E-state index is -1.38. The number of imidazole rings is 1. The Morgan fingerprint density at radius 1 is 0.810 bits per heavy atom. The van der Waals surface area contributed by atoms with Crippen LogP contribution >= 0.6 is 12.2 Å². The third kappa shape index (κ3) is 2.11. The van der Waals surface area contributed by atoms with Gasteiger partial charge in [0.1, 0.15) is 17.2 Å². The summed E-state index contributed by atoms with van der Waals surface area (Å²) in [5.74, 6) is -5.64. The maximum absolute atomic E-state index is 13.8. The lowest BCUT2D eigenvalue weighted by atomic mass is 10.2. The van der Waals surface area contributed by atoms with Crippen LogP contribution in [0.2, 0.25) is 0 Å². The summed E-state index contributed by atoms with van der Waals surface area (Å²) in [6.07, 6.45) is 0. The van der Waals surface area contributed by atoms with E-state index in [-0.39, 0.29) is 15.8 Å².